The second-order valence-corrected chi connectivity index (χ2v) is 4.89. The Morgan fingerprint density at radius 2 is 2.31 bits per heavy atom. The molecule has 0 radical (unpaired) electrons. The minimum absolute atomic E-state index is 0.872. The van der Waals surface area contributed by atoms with Crippen LogP contribution in [-0.2, 0) is 13.0 Å². The number of aromatic amines is 1. The highest BCUT2D eigenvalue weighted by molar-refractivity contribution is 7.11. The summed E-state index contributed by atoms with van der Waals surface area (Å²) in [5, 5.41) is 11.2. The molecule has 0 aliphatic heterocycles. The second-order valence-electron chi connectivity index (χ2n) is 3.60. The van der Waals surface area contributed by atoms with Crippen molar-refractivity contribution in [1.82, 2.24) is 25.5 Å². The van der Waals surface area contributed by atoms with E-state index in [9.17, 15) is 0 Å². The molecule has 6 heteroatoms. The molecule has 2 rings (SSSR count). The summed E-state index contributed by atoms with van der Waals surface area (Å²) < 4.78 is 0. The minimum atomic E-state index is 0.872. The fraction of sp³-hybridized carbons (Fsp3) is 0.500. The molecule has 0 saturated carbocycles. The summed E-state index contributed by atoms with van der Waals surface area (Å²) in [5.74, 6) is 0.921. The average molecular weight is 237 g/mol. The number of thiazole rings is 1. The van der Waals surface area contributed by atoms with Gasteiger partial charge in [0, 0.05) is 24.4 Å². The summed E-state index contributed by atoms with van der Waals surface area (Å²) in [6.07, 6.45) is 2.41. The fourth-order valence-electron chi connectivity index (χ4n) is 1.50. The average Bonchev–Trinajstić information content (AvgIpc) is 2.84. The van der Waals surface area contributed by atoms with E-state index in [1.54, 1.807) is 11.3 Å². The summed E-state index contributed by atoms with van der Waals surface area (Å²) in [4.78, 5) is 9.77. The van der Waals surface area contributed by atoms with Gasteiger partial charge >= 0.3 is 0 Å². The number of aromatic nitrogens is 4. The Bertz CT molecular complexity index is 434. The number of nitrogens with zero attached hydrogens (tertiary/aromatic N) is 3. The standard InChI is InChI=1S/C10H15N5S/c1-7-9(16-8(2)14-7)5-11-4-3-10-12-6-13-15-10/h6,11H,3-5H2,1-2H3,(H,12,13,15). The highest BCUT2D eigenvalue weighted by atomic mass is 32.1. The van der Waals surface area contributed by atoms with Crippen molar-refractivity contribution in [3.05, 3.63) is 27.7 Å². The van der Waals surface area contributed by atoms with E-state index in [2.05, 4.69) is 32.4 Å². The maximum absolute atomic E-state index is 4.39. The van der Waals surface area contributed by atoms with Crippen LogP contribution in [-0.4, -0.2) is 26.7 Å². The van der Waals surface area contributed by atoms with E-state index in [0.29, 0.717) is 0 Å². The van der Waals surface area contributed by atoms with Crippen molar-refractivity contribution in [3.8, 4) is 0 Å². The molecule has 2 heterocycles. The van der Waals surface area contributed by atoms with Gasteiger partial charge in [0.1, 0.15) is 12.2 Å². The highest BCUT2D eigenvalue weighted by Crippen LogP contribution is 2.16. The van der Waals surface area contributed by atoms with Gasteiger partial charge in [-0.25, -0.2) is 9.97 Å². The molecule has 86 valence electrons. The predicted molar refractivity (Wildman–Crippen MR) is 63.4 cm³/mol. The van der Waals surface area contributed by atoms with Gasteiger partial charge in [-0.05, 0) is 13.8 Å². The van der Waals surface area contributed by atoms with E-state index < -0.39 is 0 Å². The molecule has 0 spiro atoms. The molecular formula is C10H15N5S. The molecule has 2 aromatic rings. The lowest BCUT2D eigenvalue weighted by atomic mass is 10.3. The number of aryl methyl sites for hydroxylation is 2. The number of nitrogens with one attached hydrogen (secondary N) is 2. The van der Waals surface area contributed by atoms with Crippen molar-refractivity contribution < 1.29 is 0 Å². The molecule has 0 amide bonds. The van der Waals surface area contributed by atoms with Gasteiger partial charge in [-0.3, -0.25) is 5.10 Å². The van der Waals surface area contributed by atoms with Crippen LogP contribution >= 0.6 is 11.3 Å². The summed E-state index contributed by atoms with van der Waals surface area (Å²) in [7, 11) is 0. The van der Waals surface area contributed by atoms with E-state index >= 15 is 0 Å². The molecule has 0 saturated heterocycles. The first-order valence-electron chi connectivity index (χ1n) is 5.23. The van der Waals surface area contributed by atoms with Gasteiger partial charge in [0.15, 0.2) is 0 Å². The monoisotopic (exact) mass is 237 g/mol. The summed E-state index contributed by atoms with van der Waals surface area (Å²) in [6.45, 7) is 5.86. The lowest BCUT2D eigenvalue weighted by molar-refractivity contribution is 0.674. The zero-order valence-electron chi connectivity index (χ0n) is 9.45. The maximum Gasteiger partial charge on any atom is 0.137 e. The van der Waals surface area contributed by atoms with Crippen LogP contribution in [0.1, 0.15) is 21.4 Å². The third-order valence-electron chi connectivity index (χ3n) is 2.29. The summed E-state index contributed by atoms with van der Waals surface area (Å²) >= 11 is 1.75. The smallest absolute Gasteiger partial charge is 0.137 e. The van der Waals surface area contributed by atoms with Crippen LogP contribution in [0.3, 0.4) is 0 Å². The van der Waals surface area contributed by atoms with Crippen LogP contribution < -0.4 is 5.32 Å². The summed E-state index contributed by atoms with van der Waals surface area (Å²) in [5.41, 5.74) is 1.13. The van der Waals surface area contributed by atoms with Crippen molar-refractivity contribution in [3.63, 3.8) is 0 Å². The highest BCUT2D eigenvalue weighted by Gasteiger charge is 2.03. The van der Waals surface area contributed by atoms with Gasteiger partial charge in [0.05, 0.1) is 10.7 Å². The third-order valence-corrected chi connectivity index (χ3v) is 3.36. The SMILES string of the molecule is Cc1nc(C)c(CNCCc2ncn[nH]2)s1. The molecular weight excluding hydrogens is 222 g/mol. The number of rotatable bonds is 5. The van der Waals surface area contributed by atoms with Crippen LogP contribution in [0.25, 0.3) is 0 Å². The van der Waals surface area contributed by atoms with Crippen LogP contribution in [0.15, 0.2) is 6.33 Å². The fourth-order valence-corrected chi connectivity index (χ4v) is 2.40. The first-order valence-corrected chi connectivity index (χ1v) is 6.05. The zero-order chi connectivity index (χ0) is 11.4. The van der Waals surface area contributed by atoms with Crippen LogP contribution in [0.2, 0.25) is 0 Å². The first-order chi connectivity index (χ1) is 7.75. The molecule has 0 atom stereocenters. The van der Waals surface area contributed by atoms with Gasteiger partial charge in [-0.2, -0.15) is 5.10 Å². The molecule has 0 aliphatic carbocycles. The Kier molecular flexibility index (Phi) is 3.63. The van der Waals surface area contributed by atoms with E-state index in [-0.39, 0.29) is 0 Å². The van der Waals surface area contributed by atoms with Crippen LogP contribution in [0.4, 0.5) is 0 Å². The Balaban J connectivity index is 1.74. The van der Waals surface area contributed by atoms with E-state index in [4.69, 9.17) is 0 Å². The predicted octanol–water partition coefficient (Wildman–Crippen LogP) is 1.21. The van der Waals surface area contributed by atoms with Crippen molar-refractivity contribution in [2.45, 2.75) is 26.8 Å². The van der Waals surface area contributed by atoms with Crippen molar-refractivity contribution in [2.75, 3.05) is 6.54 Å². The molecule has 16 heavy (non-hydrogen) atoms. The molecule has 0 aromatic carbocycles. The lowest BCUT2D eigenvalue weighted by Crippen LogP contribution is -2.17. The van der Waals surface area contributed by atoms with Crippen molar-refractivity contribution in [2.24, 2.45) is 0 Å². The Hall–Kier alpha value is -1.27. The third kappa shape index (κ3) is 2.86. The van der Waals surface area contributed by atoms with Crippen molar-refractivity contribution >= 4 is 11.3 Å². The van der Waals surface area contributed by atoms with Gasteiger partial charge in [-0.1, -0.05) is 0 Å². The Morgan fingerprint density at radius 1 is 1.44 bits per heavy atom. The van der Waals surface area contributed by atoms with E-state index in [1.807, 2.05) is 6.92 Å². The largest absolute Gasteiger partial charge is 0.311 e. The van der Waals surface area contributed by atoms with Crippen LogP contribution in [0, 0.1) is 13.8 Å². The topological polar surface area (TPSA) is 66.5 Å². The van der Waals surface area contributed by atoms with Gasteiger partial charge in [0.2, 0.25) is 0 Å². The molecule has 2 aromatic heterocycles. The Labute approximate surface area is 98.3 Å². The van der Waals surface area contributed by atoms with E-state index in [1.165, 1.54) is 11.2 Å². The number of hydrogen-bond donors (Lipinski definition) is 2. The number of H-pyrrole nitrogens is 1. The molecule has 0 unspecified atom stereocenters. The quantitative estimate of drug-likeness (QED) is 0.767. The minimum Gasteiger partial charge on any atom is -0.311 e. The normalized spacial score (nSPS) is 10.9. The van der Waals surface area contributed by atoms with Gasteiger partial charge < -0.3 is 5.32 Å². The van der Waals surface area contributed by atoms with Crippen LogP contribution in [0.5, 0.6) is 0 Å². The lowest BCUT2D eigenvalue weighted by Gasteiger charge is -2.01. The zero-order valence-corrected chi connectivity index (χ0v) is 10.3. The summed E-state index contributed by atoms with van der Waals surface area (Å²) in [6, 6.07) is 0. The molecule has 2 N–H and O–H groups in total. The molecule has 0 aliphatic rings. The number of hydrogen-bond acceptors (Lipinski definition) is 5. The first kappa shape index (κ1) is 11.2. The van der Waals surface area contributed by atoms with Gasteiger partial charge in [0.25, 0.3) is 0 Å². The Morgan fingerprint density at radius 3 is 2.94 bits per heavy atom. The molecule has 0 fully saturated rings. The molecule has 5 nitrogen and oxygen atoms in total. The van der Waals surface area contributed by atoms with E-state index in [0.717, 1.165) is 36.0 Å². The molecule has 0 bridgehead atoms. The maximum atomic E-state index is 4.39. The second kappa shape index (κ2) is 5.18. The van der Waals surface area contributed by atoms with Crippen molar-refractivity contribution in [1.29, 1.82) is 0 Å². The van der Waals surface area contributed by atoms with Gasteiger partial charge in [-0.15, -0.1) is 11.3 Å².